The predicted molar refractivity (Wildman–Crippen MR) is 78.8 cm³/mol. The number of aromatic nitrogens is 1. The van der Waals surface area contributed by atoms with Crippen LogP contribution >= 0.6 is 15.9 Å². The Balaban J connectivity index is 2.31. The maximum atomic E-state index is 13.2. The monoisotopic (exact) mass is 364 g/mol. The Morgan fingerprint density at radius 3 is 2.60 bits per heavy atom. The van der Waals surface area contributed by atoms with Gasteiger partial charge in [0.05, 0.1) is 6.20 Å². The molecule has 1 aromatic heterocycles. The minimum Gasteiger partial charge on any atom is -0.260 e. The van der Waals surface area contributed by atoms with Gasteiger partial charge < -0.3 is 0 Å². The Kier molecular flexibility index (Phi) is 5.51. The van der Waals surface area contributed by atoms with Crippen LogP contribution in [0.3, 0.4) is 0 Å². The van der Waals surface area contributed by atoms with Gasteiger partial charge in [0.15, 0.2) is 0 Å². The Morgan fingerprint density at radius 1 is 1.30 bits per heavy atom. The Labute approximate surface area is 127 Å². The fourth-order valence-electron chi connectivity index (χ4n) is 2.62. The molecule has 1 fully saturated rings. The van der Waals surface area contributed by atoms with Gasteiger partial charge in [-0.25, -0.2) is 12.8 Å². The molecule has 2 rings (SSSR count). The van der Waals surface area contributed by atoms with Crippen LogP contribution in [0.4, 0.5) is 4.39 Å². The SMILES string of the molecule is O=S(=O)(c1cncc(F)c1)N(CCBr)C1CCCCC1. The zero-order chi connectivity index (χ0) is 14.6. The molecular weight excluding hydrogens is 347 g/mol. The van der Waals surface area contributed by atoms with Crippen LogP contribution in [0.15, 0.2) is 23.4 Å². The first-order valence-corrected chi connectivity index (χ1v) is 9.30. The van der Waals surface area contributed by atoms with E-state index in [1.54, 1.807) is 0 Å². The minimum atomic E-state index is -3.68. The molecule has 20 heavy (non-hydrogen) atoms. The molecule has 112 valence electrons. The Morgan fingerprint density at radius 2 is 2.00 bits per heavy atom. The van der Waals surface area contributed by atoms with E-state index >= 15 is 0 Å². The van der Waals surface area contributed by atoms with E-state index in [1.165, 1.54) is 10.5 Å². The van der Waals surface area contributed by atoms with Crippen molar-refractivity contribution in [2.24, 2.45) is 0 Å². The lowest BCUT2D eigenvalue weighted by atomic mass is 9.95. The van der Waals surface area contributed by atoms with Gasteiger partial charge in [-0.3, -0.25) is 4.98 Å². The van der Waals surface area contributed by atoms with Gasteiger partial charge in [-0.05, 0) is 18.9 Å². The summed E-state index contributed by atoms with van der Waals surface area (Å²) in [5.74, 6) is -0.631. The van der Waals surface area contributed by atoms with Gasteiger partial charge in [-0.1, -0.05) is 35.2 Å². The highest BCUT2D eigenvalue weighted by Gasteiger charge is 2.32. The first-order chi connectivity index (χ1) is 9.55. The molecule has 0 aromatic carbocycles. The van der Waals surface area contributed by atoms with Crippen molar-refractivity contribution < 1.29 is 12.8 Å². The van der Waals surface area contributed by atoms with E-state index < -0.39 is 15.8 Å². The second-order valence-electron chi connectivity index (χ2n) is 4.94. The Bertz CT molecular complexity index is 547. The zero-order valence-electron chi connectivity index (χ0n) is 11.1. The largest absolute Gasteiger partial charge is 0.260 e. The predicted octanol–water partition coefficient (Wildman–Crippen LogP) is 2.94. The summed E-state index contributed by atoms with van der Waals surface area (Å²) in [5.41, 5.74) is 0. The number of alkyl halides is 1. The molecule has 0 unspecified atom stereocenters. The highest BCUT2D eigenvalue weighted by molar-refractivity contribution is 9.09. The first kappa shape index (κ1) is 15.9. The summed E-state index contributed by atoms with van der Waals surface area (Å²) < 4.78 is 40.1. The van der Waals surface area contributed by atoms with Gasteiger partial charge in [0, 0.05) is 24.1 Å². The zero-order valence-corrected chi connectivity index (χ0v) is 13.5. The third-order valence-electron chi connectivity index (χ3n) is 3.57. The van der Waals surface area contributed by atoms with Gasteiger partial charge >= 0.3 is 0 Å². The van der Waals surface area contributed by atoms with E-state index in [0.717, 1.165) is 44.4 Å². The molecule has 0 bridgehead atoms. The highest BCUT2D eigenvalue weighted by atomic mass is 79.9. The summed E-state index contributed by atoms with van der Waals surface area (Å²) in [6.45, 7) is 0.392. The van der Waals surface area contributed by atoms with Gasteiger partial charge in [-0.15, -0.1) is 0 Å². The lowest BCUT2D eigenvalue weighted by molar-refractivity contribution is 0.263. The Hall–Kier alpha value is -0.530. The maximum absolute atomic E-state index is 13.2. The number of rotatable bonds is 5. The second-order valence-corrected chi connectivity index (χ2v) is 7.62. The number of sulfonamides is 1. The molecule has 1 saturated carbocycles. The van der Waals surface area contributed by atoms with Crippen LogP contribution in [-0.2, 0) is 10.0 Å². The molecule has 0 N–H and O–H groups in total. The van der Waals surface area contributed by atoms with E-state index in [9.17, 15) is 12.8 Å². The van der Waals surface area contributed by atoms with E-state index in [-0.39, 0.29) is 10.9 Å². The van der Waals surface area contributed by atoms with Crippen LogP contribution in [0.2, 0.25) is 0 Å². The fourth-order valence-corrected chi connectivity index (χ4v) is 4.90. The quantitative estimate of drug-likeness (QED) is 0.754. The van der Waals surface area contributed by atoms with Gasteiger partial charge in [-0.2, -0.15) is 4.31 Å². The summed E-state index contributed by atoms with van der Waals surface area (Å²) in [7, 11) is -3.68. The van der Waals surface area contributed by atoms with Crippen molar-refractivity contribution in [3.8, 4) is 0 Å². The molecule has 1 aromatic rings. The van der Waals surface area contributed by atoms with Crippen LogP contribution in [0.5, 0.6) is 0 Å². The van der Waals surface area contributed by atoms with Gasteiger partial charge in [0.2, 0.25) is 10.0 Å². The van der Waals surface area contributed by atoms with Crippen molar-refractivity contribution in [2.45, 2.75) is 43.0 Å². The van der Waals surface area contributed by atoms with Crippen molar-refractivity contribution in [2.75, 3.05) is 11.9 Å². The lowest BCUT2D eigenvalue weighted by Crippen LogP contribution is -2.42. The summed E-state index contributed by atoms with van der Waals surface area (Å²) in [6, 6.07) is 1.04. The fraction of sp³-hybridized carbons (Fsp3) is 0.615. The number of halogens is 2. The number of hydrogen-bond donors (Lipinski definition) is 0. The summed E-state index contributed by atoms with van der Waals surface area (Å²) in [5, 5.41) is 0.561. The average Bonchev–Trinajstić information content (AvgIpc) is 2.45. The third-order valence-corrected chi connectivity index (χ3v) is 5.85. The van der Waals surface area contributed by atoms with Crippen LogP contribution < -0.4 is 0 Å². The van der Waals surface area contributed by atoms with Gasteiger partial charge in [0.25, 0.3) is 0 Å². The maximum Gasteiger partial charge on any atom is 0.244 e. The van der Waals surface area contributed by atoms with E-state index in [0.29, 0.717) is 11.9 Å². The first-order valence-electron chi connectivity index (χ1n) is 6.74. The molecule has 0 saturated heterocycles. The second kappa shape index (κ2) is 6.95. The lowest BCUT2D eigenvalue weighted by Gasteiger charge is -2.33. The smallest absolute Gasteiger partial charge is 0.244 e. The highest BCUT2D eigenvalue weighted by Crippen LogP contribution is 2.27. The molecule has 1 heterocycles. The molecule has 0 aliphatic heterocycles. The molecule has 0 spiro atoms. The third kappa shape index (κ3) is 3.56. The summed E-state index contributed by atoms with van der Waals surface area (Å²) in [6.07, 6.45) is 7.20. The minimum absolute atomic E-state index is 0.00886. The molecular formula is C13H18BrFN2O2S. The molecule has 0 amide bonds. The van der Waals surface area contributed by atoms with Crippen molar-refractivity contribution in [1.82, 2.24) is 9.29 Å². The number of hydrogen-bond acceptors (Lipinski definition) is 3. The van der Waals surface area contributed by atoms with E-state index in [2.05, 4.69) is 20.9 Å². The molecule has 1 aliphatic carbocycles. The standard InChI is InChI=1S/C13H18BrFN2O2S/c14-6-7-17(12-4-2-1-3-5-12)20(18,19)13-8-11(15)9-16-10-13/h8-10,12H,1-7H2. The summed E-state index contributed by atoms with van der Waals surface area (Å²) >= 11 is 3.30. The number of nitrogens with zero attached hydrogens (tertiary/aromatic N) is 2. The van der Waals surface area contributed by atoms with Crippen molar-refractivity contribution in [1.29, 1.82) is 0 Å². The normalized spacial score (nSPS) is 17.6. The van der Waals surface area contributed by atoms with Crippen LogP contribution in [0.25, 0.3) is 0 Å². The van der Waals surface area contributed by atoms with Crippen molar-refractivity contribution in [3.63, 3.8) is 0 Å². The summed E-state index contributed by atoms with van der Waals surface area (Å²) in [4.78, 5) is 3.58. The van der Waals surface area contributed by atoms with E-state index in [4.69, 9.17) is 0 Å². The average molecular weight is 365 g/mol. The molecule has 4 nitrogen and oxygen atoms in total. The topological polar surface area (TPSA) is 50.3 Å². The molecule has 0 radical (unpaired) electrons. The van der Waals surface area contributed by atoms with Crippen molar-refractivity contribution >= 4 is 26.0 Å². The van der Waals surface area contributed by atoms with Crippen LogP contribution in [0, 0.1) is 5.82 Å². The van der Waals surface area contributed by atoms with Gasteiger partial charge in [0.1, 0.15) is 10.7 Å². The van der Waals surface area contributed by atoms with E-state index in [1.807, 2.05) is 0 Å². The van der Waals surface area contributed by atoms with Crippen LogP contribution in [0.1, 0.15) is 32.1 Å². The number of pyridine rings is 1. The molecule has 7 heteroatoms. The molecule has 1 aliphatic rings. The molecule has 0 atom stereocenters. The van der Waals surface area contributed by atoms with Crippen LogP contribution in [-0.4, -0.2) is 35.6 Å². The van der Waals surface area contributed by atoms with Crippen molar-refractivity contribution in [3.05, 3.63) is 24.3 Å².